The number of nitrogens with one attached hydrogen (secondary N) is 1. The third-order valence-electron chi connectivity index (χ3n) is 5.28. The number of aromatic nitrogens is 2. The maximum absolute atomic E-state index is 12.3. The van der Waals surface area contributed by atoms with E-state index in [0.29, 0.717) is 24.3 Å². The summed E-state index contributed by atoms with van der Waals surface area (Å²) in [7, 11) is -3.77. The van der Waals surface area contributed by atoms with Crippen molar-refractivity contribution in [3.63, 3.8) is 0 Å². The van der Waals surface area contributed by atoms with E-state index in [1.165, 1.54) is 25.0 Å². The largest absolute Gasteiger partial charge is 0.356 e. The van der Waals surface area contributed by atoms with Gasteiger partial charge >= 0.3 is 0 Å². The quantitative estimate of drug-likeness (QED) is 0.547. The Morgan fingerprint density at radius 2 is 2.00 bits per heavy atom. The first-order valence-corrected chi connectivity index (χ1v) is 12.1. The molecule has 7 nitrogen and oxygen atoms in total. The Morgan fingerprint density at radius 1 is 1.24 bits per heavy atom. The number of primary sulfonamides is 1. The maximum Gasteiger partial charge on any atom is 0.238 e. The predicted octanol–water partition coefficient (Wildman–Crippen LogP) is 3.36. The second kappa shape index (κ2) is 10.7. The summed E-state index contributed by atoms with van der Waals surface area (Å²) in [5.74, 6) is 1.35. The Balaban J connectivity index is 2.08. The van der Waals surface area contributed by atoms with Crippen LogP contribution in [0.25, 0.3) is 11.0 Å². The number of carbonyl (C=O) groups excluding carboxylic acids is 1. The van der Waals surface area contributed by atoms with Crippen LogP contribution >= 0.6 is 0 Å². The van der Waals surface area contributed by atoms with Crippen molar-refractivity contribution in [3.05, 3.63) is 24.0 Å². The topological polar surface area (TPSA) is 107 Å². The molecule has 0 aliphatic carbocycles. The summed E-state index contributed by atoms with van der Waals surface area (Å²) in [6.45, 7) is 7.90. The highest BCUT2D eigenvalue weighted by molar-refractivity contribution is 7.89. The average molecular weight is 423 g/mol. The van der Waals surface area contributed by atoms with E-state index in [1.807, 2.05) is 0 Å². The van der Waals surface area contributed by atoms with Crippen molar-refractivity contribution >= 4 is 27.0 Å². The average Bonchev–Trinajstić information content (AvgIpc) is 3.03. The SMILES string of the molecule is CCCC[C@H](CC)CNC(=O)CCc1nc2cc(S(N)(=O)=O)ccc2n1CCC. The lowest BCUT2D eigenvalue weighted by atomic mass is 9.99. The van der Waals surface area contributed by atoms with Crippen LogP contribution in [0.2, 0.25) is 0 Å². The molecule has 0 aliphatic rings. The number of benzene rings is 1. The van der Waals surface area contributed by atoms with E-state index in [0.717, 1.165) is 43.7 Å². The molecule has 0 unspecified atom stereocenters. The van der Waals surface area contributed by atoms with E-state index in [9.17, 15) is 13.2 Å². The molecule has 0 saturated heterocycles. The molecule has 0 aliphatic heterocycles. The highest BCUT2D eigenvalue weighted by Crippen LogP contribution is 2.21. The molecule has 1 atom stereocenters. The van der Waals surface area contributed by atoms with Crippen molar-refractivity contribution in [1.29, 1.82) is 0 Å². The molecule has 1 heterocycles. The molecule has 1 aromatic carbocycles. The van der Waals surface area contributed by atoms with Crippen LogP contribution < -0.4 is 10.5 Å². The van der Waals surface area contributed by atoms with Crippen molar-refractivity contribution in [1.82, 2.24) is 14.9 Å². The number of amides is 1. The van der Waals surface area contributed by atoms with Gasteiger partial charge in [-0.15, -0.1) is 0 Å². The summed E-state index contributed by atoms with van der Waals surface area (Å²) in [5, 5.41) is 8.29. The maximum atomic E-state index is 12.3. The third kappa shape index (κ3) is 6.54. The van der Waals surface area contributed by atoms with Gasteiger partial charge in [0.05, 0.1) is 15.9 Å². The lowest BCUT2D eigenvalue weighted by Crippen LogP contribution is -2.29. The summed E-state index contributed by atoms with van der Waals surface area (Å²) < 4.78 is 25.3. The van der Waals surface area contributed by atoms with Crippen LogP contribution in [-0.4, -0.2) is 30.4 Å². The van der Waals surface area contributed by atoms with Gasteiger partial charge in [0.25, 0.3) is 0 Å². The zero-order valence-electron chi connectivity index (χ0n) is 17.8. The van der Waals surface area contributed by atoms with Gasteiger partial charge in [-0.2, -0.15) is 0 Å². The minimum Gasteiger partial charge on any atom is -0.356 e. The summed E-state index contributed by atoms with van der Waals surface area (Å²) in [5.41, 5.74) is 1.45. The number of carbonyl (C=O) groups is 1. The number of unbranched alkanes of at least 4 members (excludes halogenated alkanes) is 1. The Morgan fingerprint density at radius 3 is 2.62 bits per heavy atom. The standard InChI is InChI=1S/C21H34N4O3S/c1-4-7-8-16(6-3)15-23-21(26)12-11-20-24-18-14-17(29(22,27)28)9-10-19(18)25(20)13-5-2/h9-10,14,16H,4-8,11-13,15H2,1-3H3,(H,23,26)(H2,22,27,28)/t16-/m0/s1. The Bertz CT molecular complexity index is 921. The Kier molecular flexibility index (Phi) is 8.64. The van der Waals surface area contributed by atoms with Gasteiger partial charge in [-0.05, 0) is 37.0 Å². The molecule has 2 aromatic rings. The van der Waals surface area contributed by atoms with Crippen LogP contribution in [0.5, 0.6) is 0 Å². The fourth-order valence-electron chi connectivity index (χ4n) is 3.52. The van der Waals surface area contributed by atoms with E-state index in [1.54, 1.807) is 6.07 Å². The van der Waals surface area contributed by atoms with E-state index in [4.69, 9.17) is 5.14 Å². The lowest BCUT2D eigenvalue weighted by molar-refractivity contribution is -0.121. The van der Waals surface area contributed by atoms with Gasteiger partial charge in [0.15, 0.2) is 0 Å². The zero-order chi connectivity index (χ0) is 21.4. The van der Waals surface area contributed by atoms with Gasteiger partial charge in [-0.3, -0.25) is 4.79 Å². The zero-order valence-corrected chi connectivity index (χ0v) is 18.6. The third-order valence-corrected chi connectivity index (χ3v) is 6.19. The molecule has 0 saturated carbocycles. The highest BCUT2D eigenvalue weighted by atomic mass is 32.2. The molecule has 8 heteroatoms. The molecule has 0 bridgehead atoms. The number of rotatable bonds is 12. The van der Waals surface area contributed by atoms with Crippen LogP contribution in [-0.2, 0) is 27.8 Å². The Labute approximate surface area is 174 Å². The number of aryl methyl sites for hydroxylation is 2. The summed E-state index contributed by atoms with van der Waals surface area (Å²) in [4.78, 5) is 17.0. The van der Waals surface area contributed by atoms with Gasteiger partial charge in [-0.25, -0.2) is 18.5 Å². The highest BCUT2D eigenvalue weighted by Gasteiger charge is 2.16. The van der Waals surface area contributed by atoms with Crippen LogP contribution in [0.3, 0.4) is 0 Å². The second-order valence-corrected chi connectivity index (χ2v) is 9.16. The molecular formula is C21H34N4O3S. The normalized spacial score (nSPS) is 13.0. The number of imidazole rings is 1. The van der Waals surface area contributed by atoms with E-state index < -0.39 is 10.0 Å². The molecule has 0 spiro atoms. The number of nitrogens with zero attached hydrogens (tertiary/aromatic N) is 2. The van der Waals surface area contributed by atoms with Crippen molar-refractivity contribution in [2.75, 3.05) is 6.54 Å². The van der Waals surface area contributed by atoms with Gasteiger partial charge in [0, 0.05) is 25.9 Å². The molecule has 0 fully saturated rings. The van der Waals surface area contributed by atoms with Crippen molar-refractivity contribution in [2.24, 2.45) is 11.1 Å². The molecule has 1 amide bonds. The fourth-order valence-corrected chi connectivity index (χ4v) is 4.05. The fraction of sp³-hybridized carbons (Fsp3) is 0.619. The lowest BCUT2D eigenvalue weighted by Gasteiger charge is -2.15. The first-order chi connectivity index (χ1) is 13.8. The molecule has 0 radical (unpaired) electrons. The smallest absolute Gasteiger partial charge is 0.238 e. The first-order valence-electron chi connectivity index (χ1n) is 10.6. The molecule has 2 rings (SSSR count). The minimum absolute atomic E-state index is 0.0280. The summed E-state index contributed by atoms with van der Waals surface area (Å²) in [6.07, 6.45) is 6.36. The molecule has 1 aromatic heterocycles. The minimum atomic E-state index is -3.77. The van der Waals surface area contributed by atoms with Crippen LogP contribution in [0.15, 0.2) is 23.1 Å². The summed E-state index contributed by atoms with van der Waals surface area (Å²) >= 11 is 0. The van der Waals surface area contributed by atoms with E-state index >= 15 is 0 Å². The van der Waals surface area contributed by atoms with Crippen molar-refractivity contribution in [2.45, 2.75) is 77.2 Å². The van der Waals surface area contributed by atoms with Crippen molar-refractivity contribution in [3.8, 4) is 0 Å². The van der Waals surface area contributed by atoms with Gasteiger partial charge < -0.3 is 9.88 Å². The van der Waals surface area contributed by atoms with Gasteiger partial charge in [0.1, 0.15) is 5.82 Å². The number of nitrogens with two attached hydrogens (primary N) is 1. The monoisotopic (exact) mass is 422 g/mol. The number of sulfonamides is 1. The van der Waals surface area contributed by atoms with Crippen LogP contribution in [0.1, 0.15) is 65.1 Å². The van der Waals surface area contributed by atoms with Crippen LogP contribution in [0.4, 0.5) is 0 Å². The second-order valence-electron chi connectivity index (χ2n) is 7.60. The van der Waals surface area contributed by atoms with E-state index in [2.05, 4.69) is 35.6 Å². The predicted molar refractivity (Wildman–Crippen MR) is 116 cm³/mol. The number of hydrogen-bond acceptors (Lipinski definition) is 4. The first kappa shape index (κ1) is 23.3. The molecule has 162 valence electrons. The van der Waals surface area contributed by atoms with Crippen LogP contribution in [0, 0.1) is 5.92 Å². The summed E-state index contributed by atoms with van der Waals surface area (Å²) in [6, 6.07) is 4.74. The molecular weight excluding hydrogens is 388 g/mol. The molecule has 29 heavy (non-hydrogen) atoms. The van der Waals surface area contributed by atoms with Gasteiger partial charge in [-0.1, -0.05) is 40.0 Å². The van der Waals surface area contributed by atoms with E-state index in [-0.39, 0.29) is 10.8 Å². The number of fused-ring (bicyclic) bond motifs is 1. The Hall–Kier alpha value is -1.93. The van der Waals surface area contributed by atoms with Gasteiger partial charge in [0.2, 0.25) is 15.9 Å². The number of hydrogen-bond donors (Lipinski definition) is 2. The molecule has 3 N–H and O–H groups in total. The van der Waals surface area contributed by atoms with Crippen molar-refractivity contribution < 1.29 is 13.2 Å².